The van der Waals surface area contributed by atoms with E-state index >= 15 is 0 Å². The normalized spacial score (nSPS) is 13.8. The Hall–Kier alpha value is -1.61. The standard InChI is InChI=1S/C15H17NOS/c1-18(17,15-10-6-3-7-11-15)16-13-12-14-8-4-2-5-9-14/h2-11H,12-13H2,1H3. The summed E-state index contributed by atoms with van der Waals surface area (Å²) in [6, 6.07) is 19.6. The minimum Gasteiger partial charge on any atom is -0.245 e. The summed E-state index contributed by atoms with van der Waals surface area (Å²) in [6.45, 7) is 0.592. The minimum absolute atomic E-state index is 0.592. The van der Waals surface area contributed by atoms with Crippen molar-refractivity contribution in [2.75, 3.05) is 12.8 Å². The van der Waals surface area contributed by atoms with Gasteiger partial charge in [0.1, 0.15) is 0 Å². The monoisotopic (exact) mass is 259 g/mol. The molecule has 2 aromatic carbocycles. The molecule has 0 aliphatic carbocycles. The van der Waals surface area contributed by atoms with Crippen LogP contribution in [0.2, 0.25) is 0 Å². The zero-order chi connectivity index (χ0) is 12.8. The lowest BCUT2D eigenvalue weighted by atomic mass is 10.2. The van der Waals surface area contributed by atoms with Gasteiger partial charge in [-0.05, 0) is 24.1 Å². The first kappa shape index (κ1) is 12.8. The van der Waals surface area contributed by atoms with Crippen LogP contribution < -0.4 is 0 Å². The molecule has 2 nitrogen and oxygen atoms in total. The third kappa shape index (κ3) is 3.44. The van der Waals surface area contributed by atoms with Crippen LogP contribution in [0, 0.1) is 0 Å². The molecular formula is C15H17NOS. The van der Waals surface area contributed by atoms with Crippen molar-refractivity contribution >= 4 is 9.73 Å². The van der Waals surface area contributed by atoms with Gasteiger partial charge in [-0.3, -0.25) is 0 Å². The van der Waals surface area contributed by atoms with Crippen LogP contribution in [0.25, 0.3) is 0 Å². The van der Waals surface area contributed by atoms with E-state index in [0.717, 1.165) is 11.3 Å². The Bertz CT molecular complexity index is 599. The average Bonchev–Trinajstić information content (AvgIpc) is 2.41. The summed E-state index contributed by atoms with van der Waals surface area (Å²) < 4.78 is 16.8. The molecule has 0 aromatic heterocycles. The van der Waals surface area contributed by atoms with Crippen molar-refractivity contribution < 1.29 is 4.21 Å². The van der Waals surface area contributed by atoms with Crippen molar-refractivity contribution in [1.29, 1.82) is 0 Å². The molecule has 0 spiro atoms. The predicted octanol–water partition coefficient (Wildman–Crippen LogP) is 3.39. The lowest BCUT2D eigenvalue weighted by Crippen LogP contribution is -2.00. The van der Waals surface area contributed by atoms with E-state index in [0.29, 0.717) is 6.54 Å². The third-order valence-electron chi connectivity index (χ3n) is 2.76. The largest absolute Gasteiger partial charge is 0.245 e. The van der Waals surface area contributed by atoms with Gasteiger partial charge >= 0.3 is 0 Å². The van der Waals surface area contributed by atoms with Gasteiger partial charge in [-0.1, -0.05) is 48.5 Å². The van der Waals surface area contributed by atoms with Crippen LogP contribution >= 0.6 is 0 Å². The first-order valence-electron chi connectivity index (χ1n) is 5.95. The molecule has 0 saturated heterocycles. The molecule has 2 aromatic rings. The fourth-order valence-electron chi connectivity index (χ4n) is 1.74. The van der Waals surface area contributed by atoms with Gasteiger partial charge in [0.05, 0.1) is 16.3 Å². The molecule has 0 amide bonds. The molecule has 0 bridgehead atoms. The smallest absolute Gasteiger partial charge is 0.0723 e. The van der Waals surface area contributed by atoms with Crippen LogP contribution in [0.15, 0.2) is 69.9 Å². The predicted molar refractivity (Wildman–Crippen MR) is 76.2 cm³/mol. The molecular weight excluding hydrogens is 242 g/mol. The van der Waals surface area contributed by atoms with Gasteiger partial charge in [0.2, 0.25) is 0 Å². The fourth-order valence-corrected chi connectivity index (χ4v) is 2.99. The molecule has 0 heterocycles. The Morgan fingerprint density at radius 1 is 0.944 bits per heavy atom. The Labute approximate surface area is 109 Å². The fraction of sp³-hybridized carbons (Fsp3) is 0.200. The van der Waals surface area contributed by atoms with Gasteiger partial charge in [-0.25, -0.2) is 8.57 Å². The Morgan fingerprint density at radius 2 is 1.50 bits per heavy atom. The van der Waals surface area contributed by atoms with Crippen molar-refractivity contribution in [2.45, 2.75) is 11.3 Å². The average molecular weight is 259 g/mol. The van der Waals surface area contributed by atoms with E-state index in [1.165, 1.54) is 5.56 Å². The maximum atomic E-state index is 12.4. The van der Waals surface area contributed by atoms with Crippen LogP contribution in [-0.4, -0.2) is 17.0 Å². The molecule has 94 valence electrons. The van der Waals surface area contributed by atoms with E-state index in [1.54, 1.807) is 6.26 Å². The summed E-state index contributed by atoms with van der Waals surface area (Å²) in [5.41, 5.74) is 1.23. The summed E-state index contributed by atoms with van der Waals surface area (Å²) in [4.78, 5) is 0.804. The molecule has 0 N–H and O–H groups in total. The number of benzene rings is 2. The maximum Gasteiger partial charge on any atom is 0.0723 e. The second-order valence-electron chi connectivity index (χ2n) is 4.20. The Kier molecular flexibility index (Phi) is 4.15. The van der Waals surface area contributed by atoms with E-state index in [1.807, 2.05) is 48.5 Å². The quantitative estimate of drug-likeness (QED) is 0.827. The Morgan fingerprint density at radius 3 is 2.11 bits per heavy atom. The first-order valence-corrected chi connectivity index (χ1v) is 7.88. The van der Waals surface area contributed by atoms with Crippen LogP contribution in [0.4, 0.5) is 0 Å². The van der Waals surface area contributed by atoms with E-state index in [4.69, 9.17) is 0 Å². The van der Waals surface area contributed by atoms with Gasteiger partial charge < -0.3 is 0 Å². The second kappa shape index (κ2) is 5.83. The Balaban J connectivity index is 2.08. The number of hydrogen-bond acceptors (Lipinski definition) is 2. The SMILES string of the molecule is CS(=O)(=NCCc1ccccc1)c1ccccc1. The molecule has 0 saturated carbocycles. The molecule has 1 unspecified atom stereocenters. The maximum absolute atomic E-state index is 12.4. The molecule has 2 rings (SSSR count). The van der Waals surface area contributed by atoms with E-state index in [9.17, 15) is 4.21 Å². The second-order valence-corrected chi connectivity index (χ2v) is 6.54. The summed E-state index contributed by atoms with van der Waals surface area (Å²) in [6.07, 6.45) is 2.53. The molecule has 0 radical (unpaired) electrons. The molecule has 1 atom stereocenters. The first-order chi connectivity index (χ1) is 8.68. The van der Waals surface area contributed by atoms with Crippen molar-refractivity contribution in [3.63, 3.8) is 0 Å². The van der Waals surface area contributed by atoms with Crippen LogP contribution in [-0.2, 0) is 16.1 Å². The summed E-state index contributed by atoms with van der Waals surface area (Å²) in [5, 5.41) is 0. The zero-order valence-corrected chi connectivity index (χ0v) is 11.3. The van der Waals surface area contributed by atoms with Crippen molar-refractivity contribution in [3.8, 4) is 0 Å². The van der Waals surface area contributed by atoms with Gasteiger partial charge in [0.15, 0.2) is 0 Å². The van der Waals surface area contributed by atoms with Crippen molar-refractivity contribution in [3.05, 3.63) is 66.2 Å². The number of hydrogen-bond donors (Lipinski definition) is 0. The highest BCUT2D eigenvalue weighted by Gasteiger charge is 2.03. The molecule has 0 aliphatic rings. The number of nitrogens with zero attached hydrogens (tertiary/aromatic N) is 1. The molecule has 3 heteroatoms. The van der Waals surface area contributed by atoms with Crippen molar-refractivity contribution in [1.82, 2.24) is 0 Å². The van der Waals surface area contributed by atoms with Gasteiger partial charge in [0, 0.05) is 11.2 Å². The highest BCUT2D eigenvalue weighted by atomic mass is 32.2. The van der Waals surface area contributed by atoms with Crippen molar-refractivity contribution in [2.24, 2.45) is 4.36 Å². The lowest BCUT2D eigenvalue weighted by Gasteiger charge is -2.04. The lowest BCUT2D eigenvalue weighted by molar-refractivity contribution is 0.678. The molecule has 18 heavy (non-hydrogen) atoms. The molecule has 0 fully saturated rings. The highest BCUT2D eigenvalue weighted by Crippen LogP contribution is 2.11. The van der Waals surface area contributed by atoms with Crippen LogP contribution in [0.1, 0.15) is 5.56 Å². The zero-order valence-electron chi connectivity index (χ0n) is 10.5. The van der Waals surface area contributed by atoms with Crippen LogP contribution in [0.5, 0.6) is 0 Å². The van der Waals surface area contributed by atoms with E-state index < -0.39 is 9.73 Å². The highest BCUT2D eigenvalue weighted by molar-refractivity contribution is 7.93. The summed E-state index contributed by atoms with van der Waals surface area (Å²) in [7, 11) is -2.26. The summed E-state index contributed by atoms with van der Waals surface area (Å²) >= 11 is 0. The van der Waals surface area contributed by atoms with Gasteiger partial charge in [-0.15, -0.1) is 0 Å². The van der Waals surface area contributed by atoms with E-state index in [2.05, 4.69) is 16.5 Å². The van der Waals surface area contributed by atoms with E-state index in [-0.39, 0.29) is 0 Å². The summed E-state index contributed by atoms with van der Waals surface area (Å²) in [5.74, 6) is 0. The van der Waals surface area contributed by atoms with Gasteiger partial charge in [0.25, 0.3) is 0 Å². The number of rotatable bonds is 4. The minimum atomic E-state index is -2.26. The third-order valence-corrected chi connectivity index (χ3v) is 4.58. The van der Waals surface area contributed by atoms with Crippen LogP contribution in [0.3, 0.4) is 0 Å². The van der Waals surface area contributed by atoms with Gasteiger partial charge in [-0.2, -0.15) is 0 Å². The molecule has 0 aliphatic heterocycles. The topological polar surface area (TPSA) is 29.4 Å².